The van der Waals surface area contributed by atoms with E-state index in [4.69, 9.17) is 13.9 Å². The molecule has 2 rings (SSSR count). The molecule has 1 heterocycles. The van der Waals surface area contributed by atoms with Crippen molar-refractivity contribution < 1.29 is 18.7 Å². The van der Waals surface area contributed by atoms with Crippen molar-refractivity contribution in [3.05, 3.63) is 47.4 Å². The lowest BCUT2D eigenvalue weighted by Crippen LogP contribution is -2.26. The van der Waals surface area contributed by atoms with Crippen LogP contribution in [-0.4, -0.2) is 20.1 Å². The van der Waals surface area contributed by atoms with Crippen molar-refractivity contribution in [1.29, 1.82) is 0 Å². The number of methoxy groups -OCH3 is 2. The van der Waals surface area contributed by atoms with E-state index in [0.29, 0.717) is 17.1 Å². The fourth-order valence-corrected chi connectivity index (χ4v) is 1.98. The van der Waals surface area contributed by atoms with Crippen LogP contribution in [0.2, 0.25) is 0 Å². The van der Waals surface area contributed by atoms with Crippen molar-refractivity contribution in [2.75, 3.05) is 14.2 Å². The zero-order valence-corrected chi connectivity index (χ0v) is 12.6. The molecule has 1 amide bonds. The number of ether oxygens (including phenoxy) is 2. The number of hydrogen-bond donors (Lipinski definition) is 1. The van der Waals surface area contributed by atoms with Crippen molar-refractivity contribution in [2.45, 2.75) is 19.9 Å². The van der Waals surface area contributed by atoms with Gasteiger partial charge in [-0.15, -0.1) is 0 Å². The number of furan rings is 1. The molecule has 0 unspecified atom stereocenters. The van der Waals surface area contributed by atoms with Gasteiger partial charge in [0.2, 0.25) is 0 Å². The van der Waals surface area contributed by atoms with Gasteiger partial charge in [0.05, 0.1) is 20.3 Å². The minimum absolute atomic E-state index is 0.214. The summed E-state index contributed by atoms with van der Waals surface area (Å²) >= 11 is 0. The summed E-state index contributed by atoms with van der Waals surface area (Å²) < 4.78 is 15.8. The van der Waals surface area contributed by atoms with Gasteiger partial charge in [-0.1, -0.05) is 0 Å². The Labute approximate surface area is 123 Å². The van der Waals surface area contributed by atoms with Crippen molar-refractivity contribution in [3.63, 3.8) is 0 Å². The lowest BCUT2D eigenvalue weighted by atomic mass is 10.1. The Kier molecular flexibility index (Phi) is 4.52. The molecule has 1 N–H and O–H groups in total. The molecular formula is C16H19NO4. The summed E-state index contributed by atoms with van der Waals surface area (Å²) in [6.07, 6.45) is 0. The minimum atomic E-state index is -0.219. The molecule has 0 saturated heterocycles. The van der Waals surface area contributed by atoms with E-state index in [1.807, 2.05) is 26.0 Å². The molecule has 0 aliphatic carbocycles. The van der Waals surface area contributed by atoms with Gasteiger partial charge in [0, 0.05) is 11.6 Å². The number of aryl methyl sites for hydroxylation is 1. The molecule has 0 fully saturated rings. The highest BCUT2D eigenvalue weighted by atomic mass is 16.5. The Morgan fingerprint density at radius 1 is 1.14 bits per heavy atom. The molecule has 1 aromatic carbocycles. The Hall–Kier alpha value is -2.43. The third-order valence-corrected chi connectivity index (χ3v) is 3.15. The molecule has 5 nitrogen and oxygen atoms in total. The van der Waals surface area contributed by atoms with Gasteiger partial charge >= 0.3 is 0 Å². The number of benzene rings is 1. The number of carbonyl (C=O) groups excluding carboxylic acids is 1. The van der Waals surface area contributed by atoms with Gasteiger partial charge in [-0.3, -0.25) is 4.79 Å². The lowest BCUT2D eigenvalue weighted by Gasteiger charge is -2.13. The molecular weight excluding hydrogens is 270 g/mol. The molecule has 5 heteroatoms. The number of amides is 1. The largest absolute Gasteiger partial charge is 0.497 e. The van der Waals surface area contributed by atoms with E-state index in [1.54, 1.807) is 32.4 Å². The van der Waals surface area contributed by atoms with E-state index in [-0.39, 0.29) is 11.9 Å². The first-order valence-electron chi connectivity index (χ1n) is 6.63. The van der Waals surface area contributed by atoms with Crippen LogP contribution < -0.4 is 14.8 Å². The minimum Gasteiger partial charge on any atom is -0.497 e. The molecule has 0 aliphatic heterocycles. The van der Waals surface area contributed by atoms with Crippen molar-refractivity contribution in [2.24, 2.45) is 0 Å². The number of nitrogens with one attached hydrogen (secondary N) is 1. The molecule has 0 aliphatic rings. The number of rotatable bonds is 5. The smallest absolute Gasteiger partial charge is 0.252 e. The molecule has 112 valence electrons. The first kappa shape index (κ1) is 15.0. The second-order valence-corrected chi connectivity index (χ2v) is 4.74. The molecule has 1 atom stereocenters. The van der Waals surface area contributed by atoms with Gasteiger partial charge < -0.3 is 19.2 Å². The maximum atomic E-state index is 12.3. The predicted octanol–water partition coefficient (Wildman–Crippen LogP) is 3.10. The van der Waals surface area contributed by atoms with Crippen LogP contribution in [0.25, 0.3) is 0 Å². The van der Waals surface area contributed by atoms with Gasteiger partial charge in [-0.2, -0.15) is 0 Å². The molecule has 21 heavy (non-hydrogen) atoms. The molecule has 0 radical (unpaired) electrons. The van der Waals surface area contributed by atoms with Crippen LogP contribution >= 0.6 is 0 Å². The summed E-state index contributed by atoms with van der Waals surface area (Å²) in [4.78, 5) is 12.3. The third kappa shape index (κ3) is 3.56. The van der Waals surface area contributed by atoms with Crippen LogP contribution in [0.4, 0.5) is 0 Å². The van der Waals surface area contributed by atoms with Gasteiger partial charge in [0.1, 0.15) is 23.0 Å². The maximum Gasteiger partial charge on any atom is 0.252 e. The summed E-state index contributed by atoms with van der Waals surface area (Å²) in [5.74, 6) is 2.46. The van der Waals surface area contributed by atoms with Crippen LogP contribution in [0.5, 0.6) is 11.5 Å². The number of hydrogen-bond acceptors (Lipinski definition) is 4. The summed E-state index contributed by atoms with van der Waals surface area (Å²) in [5.41, 5.74) is 0.473. The van der Waals surface area contributed by atoms with Crippen LogP contribution in [0, 0.1) is 6.92 Å². The monoisotopic (exact) mass is 289 g/mol. The predicted molar refractivity (Wildman–Crippen MR) is 78.9 cm³/mol. The normalized spacial score (nSPS) is 11.8. The summed E-state index contributed by atoms with van der Waals surface area (Å²) in [6, 6.07) is 8.55. The van der Waals surface area contributed by atoms with E-state index in [1.165, 1.54) is 0 Å². The van der Waals surface area contributed by atoms with Crippen molar-refractivity contribution in [3.8, 4) is 11.5 Å². The fourth-order valence-electron chi connectivity index (χ4n) is 1.98. The molecule has 1 aromatic heterocycles. The van der Waals surface area contributed by atoms with Gasteiger partial charge in [0.25, 0.3) is 5.91 Å². The van der Waals surface area contributed by atoms with Crippen molar-refractivity contribution in [1.82, 2.24) is 5.32 Å². The zero-order chi connectivity index (χ0) is 15.4. The van der Waals surface area contributed by atoms with Gasteiger partial charge in [-0.05, 0) is 38.1 Å². The van der Waals surface area contributed by atoms with Gasteiger partial charge in [-0.25, -0.2) is 0 Å². The van der Waals surface area contributed by atoms with E-state index in [9.17, 15) is 4.79 Å². The Morgan fingerprint density at radius 2 is 1.76 bits per heavy atom. The standard InChI is InChI=1S/C16H19NO4/c1-10-5-6-15(21-10)11(2)17-16(18)12-7-13(19-3)9-14(8-12)20-4/h5-9,11H,1-4H3,(H,17,18)/t11-/m1/s1. The second kappa shape index (κ2) is 6.35. The summed E-state index contributed by atoms with van der Waals surface area (Å²) in [7, 11) is 3.09. The van der Waals surface area contributed by atoms with Crippen LogP contribution in [0.3, 0.4) is 0 Å². The fraction of sp³-hybridized carbons (Fsp3) is 0.312. The zero-order valence-electron chi connectivity index (χ0n) is 12.6. The average molecular weight is 289 g/mol. The first-order valence-corrected chi connectivity index (χ1v) is 6.63. The van der Waals surface area contributed by atoms with Crippen LogP contribution in [-0.2, 0) is 0 Å². The van der Waals surface area contributed by atoms with E-state index in [0.717, 1.165) is 11.5 Å². The van der Waals surface area contributed by atoms with E-state index >= 15 is 0 Å². The first-order chi connectivity index (χ1) is 10.0. The SMILES string of the molecule is COc1cc(OC)cc(C(=O)N[C@H](C)c2ccc(C)o2)c1. The Balaban J connectivity index is 2.16. The maximum absolute atomic E-state index is 12.3. The Bertz CT molecular complexity index is 611. The third-order valence-electron chi connectivity index (χ3n) is 3.15. The summed E-state index contributed by atoms with van der Waals surface area (Å²) in [6.45, 7) is 3.73. The molecule has 0 bridgehead atoms. The highest BCUT2D eigenvalue weighted by Gasteiger charge is 2.15. The van der Waals surface area contributed by atoms with E-state index < -0.39 is 0 Å². The quantitative estimate of drug-likeness (QED) is 0.918. The van der Waals surface area contributed by atoms with Crippen molar-refractivity contribution >= 4 is 5.91 Å². The average Bonchev–Trinajstić information content (AvgIpc) is 2.93. The number of carbonyl (C=O) groups is 1. The molecule has 2 aromatic rings. The highest BCUT2D eigenvalue weighted by Crippen LogP contribution is 2.23. The molecule has 0 saturated carbocycles. The molecule has 0 spiro atoms. The van der Waals surface area contributed by atoms with Crippen LogP contribution in [0.15, 0.2) is 34.7 Å². The van der Waals surface area contributed by atoms with E-state index in [2.05, 4.69) is 5.32 Å². The van der Waals surface area contributed by atoms with Gasteiger partial charge in [0.15, 0.2) is 0 Å². The highest BCUT2D eigenvalue weighted by molar-refractivity contribution is 5.95. The topological polar surface area (TPSA) is 60.7 Å². The second-order valence-electron chi connectivity index (χ2n) is 4.74. The van der Waals surface area contributed by atoms with Crippen LogP contribution in [0.1, 0.15) is 34.8 Å². The lowest BCUT2D eigenvalue weighted by molar-refractivity contribution is 0.0934. The summed E-state index contributed by atoms with van der Waals surface area (Å²) in [5, 5.41) is 2.88. The Morgan fingerprint density at radius 3 is 2.24 bits per heavy atom.